The molecule has 0 spiro atoms. The van der Waals surface area contributed by atoms with Gasteiger partial charge in [-0.15, -0.1) is 11.3 Å². The molecule has 0 aliphatic rings. The van der Waals surface area contributed by atoms with Crippen LogP contribution >= 0.6 is 54.8 Å². The summed E-state index contributed by atoms with van der Waals surface area (Å²) >= 11 is 14.5. The summed E-state index contributed by atoms with van der Waals surface area (Å²) in [6.45, 7) is 0.744. The van der Waals surface area contributed by atoms with Crippen LogP contribution in [0.2, 0.25) is 5.15 Å². The Balaban J connectivity index is 2.07. The molecule has 0 bridgehead atoms. The van der Waals surface area contributed by atoms with Crippen molar-refractivity contribution in [1.29, 1.82) is 0 Å². The number of halogens is 3. The van der Waals surface area contributed by atoms with E-state index in [1.807, 2.05) is 12.1 Å². The maximum absolute atomic E-state index is 5.97. The highest BCUT2D eigenvalue weighted by Gasteiger charge is 2.03. The Morgan fingerprint density at radius 2 is 2.19 bits per heavy atom. The molecule has 0 atom stereocenters. The van der Waals surface area contributed by atoms with Gasteiger partial charge in [0.25, 0.3) is 0 Å². The number of aromatic nitrogens is 1. The number of thiophene rings is 1. The number of nitrogens with one attached hydrogen (secondary N) is 1. The topological polar surface area (TPSA) is 24.9 Å². The van der Waals surface area contributed by atoms with Crippen molar-refractivity contribution in [3.63, 3.8) is 0 Å². The van der Waals surface area contributed by atoms with Gasteiger partial charge < -0.3 is 5.32 Å². The molecule has 0 aliphatic carbocycles. The van der Waals surface area contributed by atoms with E-state index in [0.717, 1.165) is 20.5 Å². The van der Waals surface area contributed by atoms with Crippen LogP contribution in [0.3, 0.4) is 0 Å². The monoisotopic (exact) mass is 380 g/mol. The summed E-state index contributed by atoms with van der Waals surface area (Å²) in [5, 5.41) is 3.73. The van der Waals surface area contributed by atoms with Gasteiger partial charge in [0.2, 0.25) is 0 Å². The number of hydrogen-bond donors (Lipinski definition) is 1. The molecule has 2 heterocycles. The molecule has 1 N–H and O–H groups in total. The summed E-state index contributed by atoms with van der Waals surface area (Å²) in [4.78, 5) is 5.29. The molecule has 0 radical (unpaired) electrons. The molecule has 2 nitrogen and oxygen atoms in total. The smallest absolute Gasteiger partial charge is 0.152 e. The van der Waals surface area contributed by atoms with Gasteiger partial charge in [-0.25, -0.2) is 4.98 Å². The third kappa shape index (κ3) is 3.20. The average Bonchev–Trinajstić information content (AvgIpc) is 2.66. The van der Waals surface area contributed by atoms with Crippen LogP contribution in [-0.2, 0) is 6.54 Å². The molecule has 0 aliphatic heterocycles. The summed E-state index contributed by atoms with van der Waals surface area (Å²) in [7, 11) is 0. The van der Waals surface area contributed by atoms with E-state index in [9.17, 15) is 0 Å². The minimum atomic E-state index is 0.485. The van der Waals surface area contributed by atoms with Crippen LogP contribution in [0, 0.1) is 0 Å². The Morgan fingerprint density at radius 3 is 2.88 bits per heavy atom. The molecule has 0 aromatic carbocycles. The first-order valence-corrected chi connectivity index (χ1v) is 7.22. The summed E-state index contributed by atoms with van der Waals surface area (Å²) < 4.78 is 2.04. The van der Waals surface area contributed by atoms with Gasteiger partial charge in [0, 0.05) is 22.1 Å². The third-order valence-electron chi connectivity index (χ3n) is 1.89. The number of pyridine rings is 1. The fraction of sp³-hybridized carbons (Fsp3) is 0.100. The highest BCUT2D eigenvalue weighted by Crippen LogP contribution is 2.26. The molecular weight excluding hydrogens is 375 g/mol. The Morgan fingerprint density at radius 1 is 1.38 bits per heavy atom. The summed E-state index contributed by atoms with van der Waals surface area (Å²) in [5.41, 5.74) is 0.834. The largest absolute Gasteiger partial charge is 0.378 e. The molecule has 0 saturated carbocycles. The average molecular weight is 383 g/mol. The highest BCUT2D eigenvalue weighted by molar-refractivity contribution is 9.11. The van der Waals surface area contributed by atoms with Crippen molar-refractivity contribution in [2.24, 2.45) is 0 Å². The van der Waals surface area contributed by atoms with Crippen LogP contribution in [0.5, 0.6) is 0 Å². The predicted molar refractivity (Wildman–Crippen MR) is 76.3 cm³/mol. The Kier molecular flexibility index (Phi) is 4.24. The summed E-state index contributed by atoms with van der Waals surface area (Å²) in [6, 6.07) is 6.02. The van der Waals surface area contributed by atoms with Gasteiger partial charge in [0.15, 0.2) is 5.15 Å². The molecule has 0 saturated heterocycles. The maximum Gasteiger partial charge on any atom is 0.152 e. The molecule has 2 aromatic rings. The van der Waals surface area contributed by atoms with E-state index in [2.05, 4.69) is 48.2 Å². The second-order valence-corrected chi connectivity index (χ2v) is 6.87. The van der Waals surface area contributed by atoms with Crippen molar-refractivity contribution in [1.82, 2.24) is 4.98 Å². The minimum Gasteiger partial charge on any atom is -0.378 e. The molecule has 0 amide bonds. The number of rotatable bonds is 3. The Bertz CT molecular complexity index is 501. The molecule has 2 rings (SSSR count). The number of hydrogen-bond acceptors (Lipinski definition) is 3. The van der Waals surface area contributed by atoms with E-state index in [1.54, 1.807) is 17.5 Å². The van der Waals surface area contributed by atoms with Crippen LogP contribution in [0.4, 0.5) is 5.69 Å². The number of anilines is 1. The lowest BCUT2D eigenvalue weighted by molar-refractivity contribution is 1.17. The van der Waals surface area contributed by atoms with Gasteiger partial charge in [-0.1, -0.05) is 11.6 Å². The zero-order valence-corrected chi connectivity index (χ0v) is 12.8. The molecule has 6 heteroatoms. The molecule has 0 unspecified atom stereocenters. The highest BCUT2D eigenvalue weighted by atomic mass is 79.9. The molecule has 84 valence electrons. The molecule has 16 heavy (non-hydrogen) atoms. The Labute approximate surface area is 119 Å². The van der Waals surface area contributed by atoms with Gasteiger partial charge in [0.1, 0.15) is 0 Å². The minimum absolute atomic E-state index is 0.485. The van der Waals surface area contributed by atoms with Gasteiger partial charge >= 0.3 is 0 Å². The summed E-state index contributed by atoms with van der Waals surface area (Å²) in [5.74, 6) is 0. The van der Waals surface area contributed by atoms with Crippen molar-refractivity contribution in [3.05, 3.63) is 42.7 Å². The maximum atomic E-state index is 5.97. The lowest BCUT2D eigenvalue weighted by Gasteiger charge is -2.06. The third-order valence-corrected chi connectivity index (χ3v) is 4.25. The number of nitrogens with zero attached hydrogens (tertiary/aromatic N) is 1. The fourth-order valence-electron chi connectivity index (χ4n) is 1.18. The van der Waals surface area contributed by atoms with Crippen LogP contribution in [-0.4, -0.2) is 4.98 Å². The van der Waals surface area contributed by atoms with Crippen LogP contribution < -0.4 is 5.32 Å². The lowest BCUT2D eigenvalue weighted by Crippen LogP contribution is -1.98. The van der Waals surface area contributed by atoms with Gasteiger partial charge in [0.05, 0.1) is 9.47 Å². The second-order valence-electron chi connectivity index (χ2n) is 3.05. The zero-order chi connectivity index (χ0) is 11.5. The normalized spacial score (nSPS) is 10.4. The first-order chi connectivity index (χ1) is 7.65. The van der Waals surface area contributed by atoms with Crippen LogP contribution in [0.1, 0.15) is 4.88 Å². The fourth-order valence-corrected chi connectivity index (χ4v) is 3.10. The van der Waals surface area contributed by atoms with Crippen molar-refractivity contribution in [3.8, 4) is 0 Å². The van der Waals surface area contributed by atoms with Crippen molar-refractivity contribution in [2.45, 2.75) is 6.54 Å². The SMILES string of the molecule is Clc1ncc(Br)cc1NCc1ccc(Br)s1. The van der Waals surface area contributed by atoms with E-state index < -0.39 is 0 Å². The molecule has 0 fully saturated rings. The quantitative estimate of drug-likeness (QED) is 0.761. The van der Waals surface area contributed by atoms with Crippen LogP contribution in [0.15, 0.2) is 32.7 Å². The van der Waals surface area contributed by atoms with Crippen molar-refractivity contribution >= 4 is 60.5 Å². The van der Waals surface area contributed by atoms with E-state index in [4.69, 9.17) is 11.6 Å². The first-order valence-electron chi connectivity index (χ1n) is 4.44. The Hall–Kier alpha value is -0.100. The second kappa shape index (κ2) is 5.49. The van der Waals surface area contributed by atoms with E-state index in [1.165, 1.54) is 4.88 Å². The van der Waals surface area contributed by atoms with Crippen molar-refractivity contribution < 1.29 is 0 Å². The van der Waals surface area contributed by atoms with Gasteiger partial charge in [-0.3, -0.25) is 0 Å². The zero-order valence-electron chi connectivity index (χ0n) is 8.01. The predicted octanol–water partition coefficient (Wildman–Crippen LogP) is 4.93. The van der Waals surface area contributed by atoms with Crippen molar-refractivity contribution in [2.75, 3.05) is 5.32 Å². The molecule has 2 aromatic heterocycles. The van der Waals surface area contributed by atoms with Crippen LogP contribution in [0.25, 0.3) is 0 Å². The first kappa shape index (κ1) is 12.4. The van der Waals surface area contributed by atoms with Gasteiger partial charge in [-0.2, -0.15) is 0 Å². The van der Waals surface area contributed by atoms with E-state index in [-0.39, 0.29) is 0 Å². The summed E-state index contributed by atoms with van der Waals surface area (Å²) in [6.07, 6.45) is 1.68. The molecular formula is C10H7Br2ClN2S. The standard InChI is InChI=1S/C10H7Br2ClN2S/c11-6-3-8(10(13)15-4-6)14-5-7-1-2-9(12)16-7/h1-4,14H,5H2. The van der Waals surface area contributed by atoms with E-state index in [0.29, 0.717) is 5.15 Å². The van der Waals surface area contributed by atoms with E-state index >= 15 is 0 Å². The lowest BCUT2D eigenvalue weighted by atomic mass is 10.4. The van der Waals surface area contributed by atoms with Gasteiger partial charge in [-0.05, 0) is 50.1 Å².